The monoisotopic (exact) mass is 391 g/mol. The Labute approximate surface area is 171 Å². The van der Waals surface area contributed by atoms with E-state index in [0.717, 1.165) is 61.3 Å². The Morgan fingerprint density at radius 1 is 1.00 bits per heavy atom. The van der Waals surface area contributed by atoms with E-state index in [-0.39, 0.29) is 11.8 Å². The molecule has 4 heterocycles. The number of hydrogen-bond acceptors (Lipinski definition) is 4. The maximum absolute atomic E-state index is 13.0. The summed E-state index contributed by atoms with van der Waals surface area (Å²) < 4.78 is 2.15. The van der Waals surface area contributed by atoms with Crippen LogP contribution in [-0.2, 0) is 4.79 Å². The van der Waals surface area contributed by atoms with Gasteiger partial charge in [0.1, 0.15) is 0 Å². The first-order valence-corrected chi connectivity index (χ1v) is 11.1. The van der Waals surface area contributed by atoms with Crippen LogP contribution in [0.2, 0.25) is 0 Å². The van der Waals surface area contributed by atoms with E-state index in [4.69, 9.17) is 4.98 Å². The molecule has 29 heavy (non-hydrogen) atoms. The van der Waals surface area contributed by atoms with E-state index in [1.807, 2.05) is 18.2 Å². The summed E-state index contributed by atoms with van der Waals surface area (Å²) in [5.41, 5.74) is 2.84. The molecule has 1 amide bonds. The van der Waals surface area contributed by atoms with Crippen LogP contribution in [-0.4, -0.2) is 39.4 Å². The number of aromatic nitrogens is 3. The smallest absolute Gasteiger partial charge is 0.225 e. The predicted octanol–water partition coefficient (Wildman–Crippen LogP) is 3.94. The molecule has 1 saturated heterocycles. The molecule has 1 N–H and O–H groups in total. The van der Waals surface area contributed by atoms with Crippen LogP contribution in [0.1, 0.15) is 51.4 Å². The molecule has 6 nitrogen and oxygen atoms in total. The van der Waals surface area contributed by atoms with Gasteiger partial charge in [-0.15, -0.1) is 0 Å². The number of piperidine rings is 1. The van der Waals surface area contributed by atoms with Crippen molar-refractivity contribution in [3.63, 3.8) is 0 Å². The first-order valence-electron chi connectivity index (χ1n) is 11.1. The second-order valence-electron chi connectivity index (χ2n) is 8.53. The number of fused-ring (bicyclic) bond motifs is 3. The average Bonchev–Trinajstić information content (AvgIpc) is 3.12. The number of hydrogen-bond donors (Lipinski definition) is 1. The summed E-state index contributed by atoms with van der Waals surface area (Å²) in [4.78, 5) is 24.6. The number of anilines is 1. The largest absolute Gasteiger partial charge is 0.354 e. The molecule has 1 atom stereocenters. The van der Waals surface area contributed by atoms with Crippen molar-refractivity contribution in [2.45, 2.75) is 57.4 Å². The quantitative estimate of drug-likeness (QED) is 0.687. The topological polar surface area (TPSA) is 62.5 Å². The zero-order valence-electron chi connectivity index (χ0n) is 16.9. The Morgan fingerprint density at radius 2 is 1.83 bits per heavy atom. The summed E-state index contributed by atoms with van der Waals surface area (Å²) in [6.07, 6.45) is 13.2. The van der Waals surface area contributed by atoms with Crippen molar-refractivity contribution in [2.75, 3.05) is 18.0 Å². The zero-order chi connectivity index (χ0) is 19.6. The maximum atomic E-state index is 13.0. The van der Waals surface area contributed by atoms with Crippen molar-refractivity contribution in [3.05, 3.63) is 36.7 Å². The molecule has 0 spiro atoms. The van der Waals surface area contributed by atoms with Gasteiger partial charge in [0.2, 0.25) is 5.91 Å². The highest BCUT2D eigenvalue weighted by Crippen LogP contribution is 2.29. The number of amides is 1. The molecule has 1 aliphatic carbocycles. The molecular weight excluding hydrogens is 362 g/mol. The van der Waals surface area contributed by atoms with Gasteiger partial charge in [0.25, 0.3) is 0 Å². The van der Waals surface area contributed by atoms with Gasteiger partial charge in [-0.1, -0.05) is 25.7 Å². The highest BCUT2D eigenvalue weighted by molar-refractivity contribution is 5.84. The standard InChI is InChI=1S/C23H29N5O/c29-23(25-18-9-3-1-2-4-10-18)17-8-6-14-27(16-17)22-20-12-7-15-28(20)19-11-5-13-24-21(19)26-22/h5,7,11-13,15,17-18H,1-4,6,8-10,14,16H2,(H,25,29). The van der Waals surface area contributed by atoms with Crippen molar-refractivity contribution >= 4 is 28.4 Å². The zero-order valence-corrected chi connectivity index (χ0v) is 16.9. The average molecular weight is 392 g/mol. The Morgan fingerprint density at radius 3 is 2.69 bits per heavy atom. The third kappa shape index (κ3) is 3.68. The van der Waals surface area contributed by atoms with Crippen LogP contribution in [0.25, 0.3) is 16.7 Å². The van der Waals surface area contributed by atoms with Crippen molar-refractivity contribution in [2.24, 2.45) is 5.92 Å². The van der Waals surface area contributed by atoms with Crippen molar-refractivity contribution in [1.29, 1.82) is 0 Å². The van der Waals surface area contributed by atoms with Crippen molar-refractivity contribution in [1.82, 2.24) is 19.7 Å². The molecule has 0 bridgehead atoms. The van der Waals surface area contributed by atoms with Crippen LogP contribution in [0, 0.1) is 5.92 Å². The highest BCUT2D eigenvalue weighted by Gasteiger charge is 2.29. The summed E-state index contributed by atoms with van der Waals surface area (Å²) in [6, 6.07) is 8.50. The van der Waals surface area contributed by atoms with E-state index in [2.05, 4.69) is 31.9 Å². The van der Waals surface area contributed by atoms with Gasteiger partial charge in [-0.05, 0) is 49.9 Å². The van der Waals surface area contributed by atoms with Gasteiger partial charge in [-0.25, -0.2) is 9.97 Å². The molecule has 1 saturated carbocycles. The Hall–Kier alpha value is -2.63. The van der Waals surface area contributed by atoms with Gasteiger partial charge in [-0.3, -0.25) is 4.79 Å². The fourth-order valence-electron chi connectivity index (χ4n) is 4.95. The van der Waals surface area contributed by atoms with Gasteiger partial charge in [0, 0.05) is 31.5 Å². The molecule has 1 unspecified atom stereocenters. The normalized spacial score (nSPS) is 21.4. The molecule has 0 radical (unpaired) electrons. The highest BCUT2D eigenvalue weighted by atomic mass is 16.2. The summed E-state index contributed by atoms with van der Waals surface area (Å²) in [6.45, 7) is 1.66. The third-order valence-electron chi connectivity index (χ3n) is 6.51. The summed E-state index contributed by atoms with van der Waals surface area (Å²) in [5.74, 6) is 1.20. The van der Waals surface area contributed by atoms with Crippen molar-refractivity contribution in [3.8, 4) is 0 Å². The number of nitrogens with one attached hydrogen (secondary N) is 1. The van der Waals surface area contributed by atoms with Crippen LogP contribution in [0.4, 0.5) is 5.82 Å². The van der Waals surface area contributed by atoms with E-state index in [0.29, 0.717) is 6.04 Å². The van der Waals surface area contributed by atoms with Gasteiger partial charge in [0.15, 0.2) is 11.5 Å². The fourth-order valence-corrected chi connectivity index (χ4v) is 4.95. The van der Waals surface area contributed by atoms with Crippen LogP contribution in [0.3, 0.4) is 0 Å². The lowest BCUT2D eigenvalue weighted by Crippen LogP contribution is -2.46. The minimum atomic E-state index is 0.0308. The SMILES string of the molecule is O=C(NC1CCCCCC1)C1CCCN(c2nc3ncccc3n3cccc23)C1. The summed E-state index contributed by atoms with van der Waals surface area (Å²) in [5, 5.41) is 3.36. The van der Waals surface area contributed by atoms with Crippen LogP contribution >= 0.6 is 0 Å². The van der Waals surface area contributed by atoms with E-state index in [9.17, 15) is 4.79 Å². The molecule has 3 aromatic rings. The number of pyridine rings is 1. The first kappa shape index (κ1) is 18.4. The number of carbonyl (C=O) groups is 1. The predicted molar refractivity (Wildman–Crippen MR) is 115 cm³/mol. The van der Waals surface area contributed by atoms with Crippen LogP contribution in [0.5, 0.6) is 0 Å². The van der Waals surface area contributed by atoms with E-state index < -0.39 is 0 Å². The molecular formula is C23H29N5O. The molecule has 2 aliphatic rings. The number of carbonyl (C=O) groups excluding carboxylic acids is 1. The maximum Gasteiger partial charge on any atom is 0.225 e. The Balaban J connectivity index is 1.37. The molecule has 152 valence electrons. The van der Waals surface area contributed by atoms with Crippen LogP contribution < -0.4 is 10.2 Å². The Kier molecular flexibility index (Phi) is 5.08. The summed E-state index contributed by atoms with van der Waals surface area (Å²) >= 11 is 0. The van der Waals surface area contributed by atoms with Gasteiger partial charge >= 0.3 is 0 Å². The second-order valence-corrected chi connectivity index (χ2v) is 8.53. The van der Waals surface area contributed by atoms with Gasteiger partial charge in [-0.2, -0.15) is 0 Å². The minimum absolute atomic E-state index is 0.0308. The van der Waals surface area contributed by atoms with E-state index in [1.54, 1.807) is 6.20 Å². The summed E-state index contributed by atoms with van der Waals surface area (Å²) in [7, 11) is 0. The molecule has 0 aromatic carbocycles. The van der Waals surface area contributed by atoms with E-state index >= 15 is 0 Å². The number of nitrogens with zero attached hydrogens (tertiary/aromatic N) is 4. The second kappa shape index (κ2) is 8.01. The Bertz CT molecular complexity index is 1000. The van der Waals surface area contributed by atoms with E-state index in [1.165, 1.54) is 25.7 Å². The third-order valence-corrected chi connectivity index (χ3v) is 6.51. The minimum Gasteiger partial charge on any atom is -0.354 e. The molecule has 5 rings (SSSR count). The lowest BCUT2D eigenvalue weighted by atomic mass is 9.96. The first-order chi connectivity index (χ1) is 14.3. The van der Waals surface area contributed by atoms with Crippen LogP contribution in [0.15, 0.2) is 36.7 Å². The molecule has 1 aliphatic heterocycles. The lowest BCUT2D eigenvalue weighted by Gasteiger charge is -2.34. The lowest BCUT2D eigenvalue weighted by molar-refractivity contribution is -0.126. The molecule has 2 fully saturated rings. The number of rotatable bonds is 3. The van der Waals surface area contributed by atoms with Gasteiger partial charge < -0.3 is 14.6 Å². The molecule has 3 aromatic heterocycles. The fraction of sp³-hybridized carbons (Fsp3) is 0.522. The van der Waals surface area contributed by atoms with Gasteiger partial charge in [0.05, 0.1) is 17.0 Å². The van der Waals surface area contributed by atoms with Crippen molar-refractivity contribution < 1.29 is 4.79 Å². The molecule has 6 heteroatoms.